The van der Waals surface area contributed by atoms with Gasteiger partial charge in [-0.2, -0.15) is 0 Å². The van der Waals surface area contributed by atoms with Crippen molar-refractivity contribution in [1.82, 2.24) is 5.32 Å². The van der Waals surface area contributed by atoms with Gasteiger partial charge < -0.3 is 15.8 Å². The number of hydrogen-bond acceptors (Lipinski definition) is 3. The maximum absolute atomic E-state index is 11.2. The number of ether oxygens (including phenoxy) is 1. The molecule has 82 valence electrons. The van der Waals surface area contributed by atoms with Crippen LogP contribution in [0.2, 0.25) is 0 Å². The van der Waals surface area contributed by atoms with Crippen molar-refractivity contribution in [2.45, 2.75) is 45.3 Å². The van der Waals surface area contributed by atoms with Gasteiger partial charge in [0.25, 0.3) is 0 Å². The van der Waals surface area contributed by atoms with E-state index in [1.807, 2.05) is 20.8 Å². The van der Waals surface area contributed by atoms with Crippen LogP contribution in [-0.2, 0) is 4.74 Å². The van der Waals surface area contributed by atoms with E-state index < -0.39 is 5.60 Å². The summed E-state index contributed by atoms with van der Waals surface area (Å²) in [5, 5.41) is 2.67. The van der Waals surface area contributed by atoms with Crippen molar-refractivity contribution >= 4 is 6.09 Å². The molecule has 1 saturated carbocycles. The van der Waals surface area contributed by atoms with Gasteiger partial charge in [0.15, 0.2) is 0 Å². The molecule has 4 heteroatoms. The predicted octanol–water partition coefficient (Wildman–Crippen LogP) is 1.25. The topological polar surface area (TPSA) is 64.3 Å². The molecule has 0 unspecified atom stereocenters. The number of alkyl carbamates (subject to hydrolysis) is 1. The Morgan fingerprint density at radius 2 is 2.14 bits per heavy atom. The van der Waals surface area contributed by atoms with Crippen LogP contribution in [0.5, 0.6) is 0 Å². The lowest BCUT2D eigenvalue weighted by molar-refractivity contribution is 0.0523. The highest BCUT2D eigenvalue weighted by molar-refractivity contribution is 5.67. The summed E-state index contributed by atoms with van der Waals surface area (Å²) in [5.41, 5.74) is 5.38. The van der Waals surface area contributed by atoms with Crippen molar-refractivity contribution < 1.29 is 9.53 Å². The second kappa shape index (κ2) is 4.17. The highest BCUT2D eigenvalue weighted by Crippen LogP contribution is 2.31. The molecule has 1 atom stereocenters. The van der Waals surface area contributed by atoms with E-state index in [1.165, 1.54) is 12.8 Å². The van der Waals surface area contributed by atoms with Crippen LogP contribution < -0.4 is 11.1 Å². The minimum absolute atomic E-state index is 0.0857. The number of amides is 1. The fraction of sp³-hybridized carbons (Fsp3) is 0.900. The third kappa shape index (κ3) is 4.46. The lowest BCUT2D eigenvalue weighted by Crippen LogP contribution is -2.41. The quantitative estimate of drug-likeness (QED) is 0.720. The number of nitrogens with two attached hydrogens (primary N) is 1. The van der Waals surface area contributed by atoms with Crippen molar-refractivity contribution in [2.24, 2.45) is 11.7 Å². The smallest absolute Gasteiger partial charge is 0.407 e. The Labute approximate surface area is 85.2 Å². The van der Waals surface area contributed by atoms with Gasteiger partial charge in [0.05, 0.1) is 0 Å². The molecule has 0 aromatic rings. The van der Waals surface area contributed by atoms with Gasteiger partial charge in [0, 0.05) is 12.6 Å². The number of carbonyl (C=O) groups excluding carboxylic acids is 1. The first-order valence-corrected chi connectivity index (χ1v) is 5.11. The highest BCUT2D eigenvalue weighted by Gasteiger charge is 2.28. The second-order valence-corrected chi connectivity index (χ2v) is 4.88. The molecule has 4 nitrogen and oxygen atoms in total. The molecule has 0 aromatic heterocycles. The molecule has 0 spiro atoms. The SMILES string of the molecule is CC(C)(C)OC(=O)NC[C@H](N)C1CC1. The van der Waals surface area contributed by atoms with E-state index in [0.29, 0.717) is 12.5 Å². The van der Waals surface area contributed by atoms with Gasteiger partial charge in [-0.3, -0.25) is 0 Å². The summed E-state index contributed by atoms with van der Waals surface area (Å²) in [6.45, 7) is 6.04. The van der Waals surface area contributed by atoms with Crippen LogP contribution in [0, 0.1) is 5.92 Å². The third-order valence-corrected chi connectivity index (χ3v) is 2.11. The molecule has 0 heterocycles. The van der Waals surface area contributed by atoms with E-state index in [2.05, 4.69) is 5.32 Å². The molecule has 1 rings (SSSR count). The molecule has 1 aliphatic carbocycles. The van der Waals surface area contributed by atoms with E-state index in [0.717, 1.165) is 0 Å². The average molecular weight is 200 g/mol. The van der Waals surface area contributed by atoms with E-state index in [-0.39, 0.29) is 12.1 Å². The number of nitrogens with one attached hydrogen (secondary N) is 1. The first-order valence-electron chi connectivity index (χ1n) is 5.11. The zero-order valence-electron chi connectivity index (χ0n) is 9.17. The molecule has 0 aliphatic heterocycles. The Morgan fingerprint density at radius 3 is 2.57 bits per heavy atom. The lowest BCUT2D eigenvalue weighted by Gasteiger charge is -2.20. The van der Waals surface area contributed by atoms with Gasteiger partial charge in [0.2, 0.25) is 0 Å². The van der Waals surface area contributed by atoms with Crippen molar-refractivity contribution in [3.05, 3.63) is 0 Å². The minimum Gasteiger partial charge on any atom is -0.444 e. The number of hydrogen-bond donors (Lipinski definition) is 2. The fourth-order valence-electron chi connectivity index (χ4n) is 1.21. The Kier molecular flexibility index (Phi) is 3.37. The van der Waals surface area contributed by atoms with Crippen LogP contribution in [-0.4, -0.2) is 24.3 Å². The van der Waals surface area contributed by atoms with Crippen LogP contribution in [0.4, 0.5) is 4.79 Å². The summed E-state index contributed by atoms with van der Waals surface area (Å²) in [6.07, 6.45) is 2.00. The number of rotatable bonds is 3. The molecule has 1 amide bonds. The summed E-state index contributed by atoms with van der Waals surface area (Å²) in [4.78, 5) is 11.2. The normalized spacial score (nSPS) is 18.9. The van der Waals surface area contributed by atoms with E-state index in [1.54, 1.807) is 0 Å². The maximum Gasteiger partial charge on any atom is 0.407 e. The molecule has 3 N–H and O–H groups in total. The summed E-state index contributed by atoms with van der Waals surface area (Å²) in [5.74, 6) is 0.602. The van der Waals surface area contributed by atoms with Gasteiger partial charge in [-0.15, -0.1) is 0 Å². The fourth-order valence-corrected chi connectivity index (χ4v) is 1.21. The standard InChI is InChI=1S/C10H20N2O2/c1-10(2,3)14-9(13)12-6-8(11)7-4-5-7/h7-8H,4-6,11H2,1-3H3,(H,12,13)/t8-/m0/s1. The van der Waals surface area contributed by atoms with Crippen LogP contribution in [0.25, 0.3) is 0 Å². The Bertz CT molecular complexity index is 207. The molecule has 0 radical (unpaired) electrons. The zero-order valence-corrected chi connectivity index (χ0v) is 9.17. The van der Waals surface area contributed by atoms with E-state index in [4.69, 9.17) is 10.5 Å². The van der Waals surface area contributed by atoms with Crippen LogP contribution in [0.3, 0.4) is 0 Å². The summed E-state index contributed by atoms with van der Waals surface area (Å²) in [6, 6.07) is 0.0857. The molecule has 0 saturated heterocycles. The predicted molar refractivity (Wildman–Crippen MR) is 54.9 cm³/mol. The van der Waals surface area contributed by atoms with Crippen molar-refractivity contribution in [2.75, 3.05) is 6.54 Å². The summed E-state index contributed by atoms with van der Waals surface area (Å²) >= 11 is 0. The average Bonchev–Trinajstić information content (AvgIpc) is 2.78. The van der Waals surface area contributed by atoms with Crippen molar-refractivity contribution in [3.8, 4) is 0 Å². The third-order valence-electron chi connectivity index (χ3n) is 2.11. The number of carbonyl (C=O) groups is 1. The second-order valence-electron chi connectivity index (χ2n) is 4.88. The van der Waals surface area contributed by atoms with Gasteiger partial charge in [-0.05, 0) is 39.5 Å². The maximum atomic E-state index is 11.2. The molecule has 1 aliphatic rings. The van der Waals surface area contributed by atoms with Gasteiger partial charge >= 0.3 is 6.09 Å². The van der Waals surface area contributed by atoms with Crippen molar-refractivity contribution in [1.29, 1.82) is 0 Å². The Hall–Kier alpha value is -0.770. The monoisotopic (exact) mass is 200 g/mol. The van der Waals surface area contributed by atoms with Crippen LogP contribution in [0.15, 0.2) is 0 Å². The van der Waals surface area contributed by atoms with Gasteiger partial charge in [-0.1, -0.05) is 0 Å². The first-order chi connectivity index (χ1) is 6.38. The summed E-state index contributed by atoms with van der Waals surface area (Å²) < 4.78 is 5.08. The first kappa shape index (κ1) is 11.3. The molecule has 0 aromatic carbocycles. The molecular weight excluding hydrogens is 180 g/mol. The zero-order chi connectivity index (χ0) is 10.8. The molecule has 0 bridgehead atoms. The molecular formula is C10H20N2O2. The van der Waals surface area contributed by atoms with Gasteiger partial charge in [0.1, 0.15) is 5.60 Å². The summed E-state index contributed by atoms with van der Waals surface area (Å²) in [7, 11) is 0. The van der Waals surface area contributed by atoms with E-state index in [9.17, 15) is 4.79 Å². The highest BCUT2D eigenvalue weighted by atomic mass is 16.6. The molecule has 1 fully saturated rings. The lowest BCUT2D eigenvalue weighted by atomic mass is 10.2. The van der Waals surface area contributed by atoms with E-state index >= 15 is 0 Å². The Balaban J connectivity index is 2.14. The van der Waals surface area contributed by atoms with Crippen LogP contribution >= 0.6 is 0 Å². The molecule has 14 heavy (non-hydrogen) atoms. The van der Waals surface area contributed by atoms with Crippen LogP contribution in [0.1, 0.15) is 33.6 Å². The Morgan fingerprint density at radius 1 is 1.57 bits per heavy atom. The largest absolute Gasteiger partial charge is 0.444 e. The minimum atomic E-state index is -0.437. The van der Waals surface area contributed by atoms with Crippen molar-refractivity contribution in [3.63, 3.8) is 0 Å². The van der Waals surface area contributed by atoms with Gasteiger partial charge in [-0.25, -0.2) is 4.79 Å².